The Morgan fingerprint density at radius 1 is 0.545 bits per heavy atom. The molecule has 0 atom stereocenters. The third kappa shape index (κ3) is 2.15. The molecular formula is C20H12O2. The molecule has 0 heterocycles. The van der Waals surface area contributed by atoms with Crippen molar-refractivity contribution in [3.63, 3.8) is 0 Å². The predicted molar refractivity (Wildman–Crippen MR) is 86.8 cm³/mol. The van der Waals surface area contributed by atoms with Gasteiger partial charge in [0.1, 0.15) is 0 Å². The van der Waals surface area contributed by atoms with Crippen LogP contribution in [0.25, 0.3) is 24.3 Å². The van der Waals surface area contributed by atoms with Crippen molar-refractivity contribution in [2.45, 2.75) is 0 Å². The number of fused-ring (bicyclic) bond motifs is 2. The molecule has 0 aliphatic heterocycles. The van der Waals surface area contributed by atoms with E-state index in [0.29, 0.717) is 0 Å². The van der Waals surface area contributed by atoms with Crippen LogP contribution in [-0.4, -0.2) is 11.6 Å². The Morgan fingerprint density at radius 2 is 1.00 bits per heavy atom. The van der Waals surface area contributed by atoms with Gasteiger partial charge in [0.2, 0.25) is 0 Å². The van der Waals surface area contributed by atoms with Gasteiger partial charge in [0.05, 0.1) is 0 Å². The molecule has 2 aliphatic carbocycles. The Balaban J connectivity index is 2.01. The largest absolute Gasteiger partial charge is 0.290 e. The summed E-state index contributed by atoms with van der Waals surface area (Å²) in [6, 6.07) is 12.1. The van der Waals surface area contributed by atoms with Crippen LogP contribution in [0.15, 0.2) is 48.6 Å². The molecule has 0 aromatic heterocycles. The second-order valence-electron chi connectivity index (χ2n) is 5.45. The SMILES string of the molecule is O=C1C=Cc2c/c(=c3\ccc4c(c3)C=CC(=O)C=4)ccc2=C1. The summed E-state index contributed by atoms with van der Waals surface area (Å²) in [4.78, 5) is 22.8. The second kappa shape index (κ2) is 4.78. The van der Waals surface area contributed by atoms with E-state index in [4.69, 9.17) is 0 Å². The Bertz CT molecular complexity index is 1010. The summed E-state index contributed by atoms with van der Waals surface area (Å²) in [5, 5.41) is 4.10. The average Bonchev–Trinajstić information content (AvgIpc) is 2.54. The van der Waals surface area contributed by atoms with Gasteiger partial charge >= 0.3 is 0 Å². The molecule has 2 heteroatoms. The normalized spacial score (nSPS) is 16.5. The summed E-state index contributed by atoms with van der Waals surface area (Å²) in [7, 11) is 0. The molecule has 0 radical (unpaired) electrons. The number of carbonyl (C=O) groups excluding carboxylic acids is 2. The van der Waals surface area contributed by atoms with Crippen LogP contribution in [0.2, 0.25) is 0 Å². The van der Waals surface area contributed by atoms with Gasteiger partial charge in [-0.05, 0) is 68.4 Å². The van der Waals surface area contributed by atoms with Gasteiger partial charge < -0.3 is 0 Å². The molecule has 2 aliphatic rings. The Hall–Kier alpha value is -3.00. The van der Waals surface area contributed by atoms with E-state index in [-0.39, 0.29) is 11.6 Å². The Kier molecular flexibility index (Phi) is 2.76. The van der Waals surface area contributed by atoms with Crippen LogP contribution in [-0.2, 0) is 9.59 Å². The number of benzene rings is 2. The quantitative estimate of drug-likeness (QED) is 0.738. The lowest BCUT2D eigenvalue weighted by Gasteiger charge is -2.03. The van der Waals surface area contributed by atoms with Gasteiger partial charge in [0.15, 0.2) is 11.6 Å². The van der Waals surface area contributed by atoms with Gasteiger partial charge in [-0.25, -0.2) is 0 Å². The van der Waals surface area contributed by atoms with Crippen molar-refractivity contribution in [1.82, 2.24) is 0 Å². The fourth-order valence-electron chi connectivity index (χ4n) is 2.81. The van der Waals surface area contributed by atoms with Crippen LogP contribution in [0.5, 0.6) is 0 Å². The smallest absolute Gasteiger partial charge is 0.179 e. The third-order valence-corrected chi connectivity index (χ3v) is 3.96. The van der Waals surface area contributed by atoms with Crippen molar-refractivity contribution in [3.05, 3.63) is 80.6 Å². The van der Waals surface area contributed by atoms with E-state index in [0.717, 1.165) is 32.0 Å². The average molecular weight is 284 g/mol. The number of rotatable bonds is 0. The first-order valence-electron chi connectivity index (χ1n) is 7.11. The number of ketones is 2. The molecule has 2 nitrogen and oxygen atoms in total. The van der Waals surface area contributed by atoms with E-state index in [1.165, 1.54) is 0 Å². The van der Waals surface area contributed by atoms with Crippen LogP contribution >= 0.6 is 0 Å². The maximum absolute atomic E-state index is 11.4. The first-order valence-corrected chi connectivity index (χ1v) is 7.11. The standard InChI is InChI=1S/C20H12O2/c21-19-7-5-15-9-13(1-3-17(15)11-19)14-2-4-18-12-20(22)8-6-16(18)10-14/h1-12H/b14-13+. The zero-order valence-corrected chi connectivity index (χ0v) is 11.7. The Labute approximate surface area is 126 Å². The molecule has 0 amide bonds. The maximum atomic E-state index is 11.4. The molecule has 0 saturated carbocycles. The van der Waals surface area contributed by atoms with Gasteiger partial charge in [-0.15, -0.1) is 0 Å². The molecule has 0 fully saturated rings. The lowest BCUT2D eigenvalue weighted by atomic mass is 10.0. The molecule has 0 bridgehead atoms. The highest BCUT2D eigenvalue weighted by Crippen LogP contribution is 2.07. The van der Waals surface area contributed by atoms with Crippen molar-refractivity contribution in [1.29, 1.82) is 0 Å². The zero-order valence-electron chi connectivity index (χ0n) is 11.7. The van der Waals surface area contributed by atoms with Gasteiger partial charge in [0, 0.05) is 0 Å². The van der Waals surface area contributed by atoms with E-state index in [1.807, 2.05) is 36.4 Å². The van der Waals surface area contributed by atoms with Crippen molar-refractivity contribution in [2.75, 3.05) is 0 Å². The topological polar surface area (TPSA) is 34.1 Å². The molecule has 0 spiro atoms. The monoisotopic (exact) mass is 284 g/mol. The minimum Gasteiger partial charge on any atom is -0.290 e. The summed E-state index contributed by atoms with van der Waals surface area (Å²) in [5.74, 6) is 0.0544. The highest BCUT2D eigenvalue weighted by atomic mass is 16.1. The van der Waals surface area contributed by atoms with Crippen molar-refractivity contribution in [2.24, 2.45) is 0 Å². The molecule has 22 heavy (non-hydrogen) atoms. The van der Waals surface area contributed by atoms with Crippen LogP contribution in [0.4, 0.5) is 0 Å². The fourth-order valence-corrected chi connectivity index (χ4v) is 2.81. The summed E-state index contributed by atoms with van der Waals surface area (Å²) in [6.45, 7) is 0. The third-order valence-electron chi connectivity index (χ3n) is 3.96. The van der Waals surface area contributed by atoms with Gasteiger partial charge in [0.25, 0.3) is 0 Å². The van der Waals surface area contributed by atoms with Crippen molar-refractivity contribution >= 4 is 35.9 Å². The summed E-state index contributed by atoms with van der Waals surface area (Å²) >= 11 is 0. The highest BCUT2D eigenvalue weighted by Gasteiger charge is 2.03. The number of hydrogen-bond donors (Lipinski definition) is 0. The van der Waals surface area contributed by atoms with Gasteiger partial charge in [-0.2, -0.15) is 0 Å². The molecule has 4 rings (SSSR count). The zero-order chi connectivity index (χ0) is 15.1. The van der Waals surface area contributed by atoms with Gasteiger partial charge in [-0.1, -0.05) is 36.4 Å². The van der Waals surface area contributed by atoms with Crippen LogP contribution < -0.4 is 10.4 Å². The highest BCUT2D eigenvalue weighted by molar-refractivity contribution is 6.17. The summed E-state index contributed by atoms with van der Waals surface area (Å²) < 4.78 is 0. The molecular weight excluding hydrogens is 272 g/mol. The number of allylic oxidation sites excluding steroid dienone is 2. The van der Waals surface area contributed by atoms with Crippen molar-refractivity contribution < 1.29 is 9.59 Å². The molecule has 2 aromatic carbocycles. The van der Waals surface area contributed by atoms with E-state index in [1.54, 1.807) is 24.3 Å². The maximum Gasteiger partial charge on any atom is 0.179 e. The number of hydrogen-bond acceptors (Lipinski definition) is 2. The van der Waals surface area contributed by atoms with Crippen LogP contribution in [0, 0.1) is 10.4 Å². The van der Waals surface area contributed by atoms with E-state index in [2.05, 4.69) is 12.1 Å². The van der Waals surface area contributed by atoms with E-state index < -0.39 is 0 Å². The molecule has 104 valence electrons. The van der Waals surface area contributed by atoms with Crippen LogP contribution in [0.3, 0.4) is 0 Å². The van der Waals surface area contributed by atoms with Crippen LogP contribution in [0.1, 0.15) is 11.1 Å². The van der Waals surface area contributed by atoms with E-state index >= 15 is 0 Å². The minimum atomic E-state index is 0.0272. The summed E-state index contributed by atoms with van der Waals surface area (Å²) in [5.41, 5.74) is 2.10. The molecule has 0 saturated heterocycles. The predicted octanol–water partition coefficient (Wildman–Crippen LogP) is 1.73. The minimum absolute atomic E-state index is 0.0272. The van der Waals surface area contributed by atoms with Crippen molar-refractivity contribution in [3.8, 4) is 0 Å². The fraction of sp³-hybridized carbons (Fsp3) is 0. The lowest BCUT2D eigenvalue weighted by Crippen LogP contribution is -2.12. The van der Waals surface area contributed by atoms with E-state index in [9.17, 15) is 9.59 Å². The lowest BCUT2D eigenvalue weighted by molar-refractivity contribution is -0.110. The molecule has 2 aromatic rings. The number of carbonyl (C=O) groups is 2. The van der Waals surface area contributed by atoms with Gasteiger partial charge in [-0.3, -0.25) is 9.59 Å². The molecule has 0 unspecified atom stereocenters. The molecule has 0 N–H and O–H groups in total. The first kappa shape index (κ1) is 12.7. The first-order chi connectivity index (χ1) is 10.7. The second-order valence-corrected chi connectivity index (χ2v) is 5.45. The Morgan fingerprint density at radius 3 is 1.45 bits per heavy atom. The summed E-state index contributed by atoms with van der Waals surface area (Å²) in [6.07, 6.45) is 10.2.